The van der Waals surface area contributed by atoms with E-state index in [9.17, 15) is 0 Å². The van der Waals surface area contributed by atoms with E-state index in [1.165, 1.54) is 0 Å². The van der Waals surface area contributed by atoms with Crippen LogP contribution in [0.3, 0.4) is 0 Å². The van der Waals surface area contributed by atoms with Crippen molar-refractivity contribution in [2.24, 2.45) is 5.10 Å². The minimum Gasteiger partial charge on any atom is -0.261 e. The van der Waals surface area contributed by atoms with Gasteiger partial charge in [-0.25, -0.2) is 9.97 Å². The van der Waals surface area contributed by atoms with Gasteiger partial charge in [0.2, 0.25) is 0 Å². The summed E-state index contributed by atoms with van der Waals surface area (Å²) in [5.41, 5.74) is 5.88. The van der Waals surface area contributed by atoms with E-state index in [2.05, 4.69) is 20.5 Å². The molecule has 0 atom stereocenters. The minimum absolute atomic E-state index is 0.679. The van der Waals surface area contributed by atoms with Gasteiger partial charge in [0.25, 0.3) is 0 Å². The summed E-state index contributed by atoms with van der Waals surface area (Å²) < 4.78 is 0. The molecule has 0 aliphatic carbocycles. The Morgan fingerprint density at radius 2 is 1.59 bits per heavy atom. The number of anilines is 1. The number of benzene rings is 2. The average molecular weight is 288 g/mol. The summed E-state index contributed by atoms with van der Waals surface area (Å²) in [5.74, 6) is 1.37. The summed E-state index contributed by atoms with van der Waals surface area (Å²) in [6.45, 7) is 1.94. The highest BCUT2D eigenvalue weighted by molar-refractivity contribution is 5.79. The molecular formula is C18H16N4. The summed E-state index contributed by atoms with van der Waals surface area (Å²) in [6.07, 6.45) is 1.76. The highest BCUT2D eigenvalue weighted by Crippen LogP contribution is 2.17. The van der Waals surface area contributed by atoms with Gasteiger partial charge in [-0.1, -0.05) is 60.7 Å². The molecule has 3 rings (SSSR count). The maximum absolute atomic E-state index is 4.50. The Balaban J connectivity index is 1.80. The molecule has 1 aromatic heterocycles. The zero-order valence-electron chi connectivity index (χ0n) is 12.3. The summed E-state index contributed by atoms with van der Waals surface area (Å²) >= 11 is 0. The average Bonchev–Trinajstić information content (AvgIpc) is 2.56. The number of nitrogens with zero attached hydrogens (tertiary/aromatic N) is 3. The molecule has 0 radical (unpaired) electrons. The molecule has 4 heteroatoms. The van der Waals surface area contributed by atoms with E-state index >= 15 is 0 Å². The quantitative estimate of drug-likeness (QED) is 0.585. The van der Waals surface area contributed by atoms with Crippen LogP contribution in [0.1, 0.15) is 11.3 Å². The van der Waals surface area contributed by atoms with Gasteiger partial charge in [-0.2, -0.15) is 5.10 Å². The van der Waals surface area contributed by atoms with Gasteiger partial charge >= 0.3 is 0 Å². The number of hydrazone groups is 1. The summed E-state index contributed by atoms with van der Waals surface area (Å²) in [5, 5.41) is 4.22. The van der Waals surface area contributed by atoms with Gasteiger partial charge < -0.3 is 0 Å². The first kappa shape index (κ1) is 13.9. The Kier molecular flexibility index (Phi) is 4.20. The minimum atomic E-state index is 0.679. The number of aryl methyl sites for hydroxylation is 1. The molecule has 3 aromatic rings. The maximum atomic E-state index is 4.50. The molecule has 2 aromatic carbocycles. The molecule has 0 unspecified atom stereocenters. The Morgan fingerprint density at radius 3 is 2.32 bits per heavy atom. The lowest BCUT2D eigenvalue weighted by molar-refractivity contribution is 1.10. The molecule has 0 bridgehead atoms. The van der Waals surface area contributed by atoms with E-state index in [0.717, 1.165) is 16.8 Å². The lowest BCUT2D eigenvalue weighted by Gasteiger charge is -2.05. The molecule has 0 spiro atoms. The highest BCUT2D eigenvalue weighted by atomic mass is 15.3. The van der Waals surface area contributed by atoms with Crippen LogP contribution in [-0.4, -0.2) is 16.2 Å². The van der Waals surface area contributed by atoms with Crippen LogP contribution in [0.5, 0.6) is 0 Å². The predicted octanol–water partition coefficient (Wildman–Crippen LogP) is 3.90. The third-order valence-corrected chi connectivity index (χ3v) is 3.08. The molecule has 0 amide bonds. The molecule has 0 aliphatic rings. The molecule has 0 saturated heterocycles. The van der Waals surface area contributed by atoms with E-state index in [1.54, 1.807) is 6.21 Å². The molecule has 108 valence electrons. The van der Waals surface area contributed by atoms with Crippen molar-refractivity contribution in [3.63, 3.8) is 0 Å². The Bertz CT molecular complexity index is 768. The van der Waals surface area contributed by atoms with Gasteiger partial charge in [0.05, 0.1) is 6.21 Å². The standard InChI is InChI=1S/C18H16N4/c1-14-12-17(22-19-13-15-8-4-2-5-9-15)21-18(20-14)16-10-6-3-7-11-16/h2-13H,1H3,(H,20,21,22)/b19-13-. The molecule has 0 saturated carbocycles. The first-order valence-electron chi connectivity index (χ1n) is 7.06. The van der Waals surface area contributed by atoms with Gasteiger partial charge in [-0.3, -0.25) is 5.43 Å². The Hall–Kier alpha value is -3.01. The van der Waals surface area contributed by atoms with Gasteiger partial charge in [0.1, 0.15) is 0 Å². The van der Waals surface area contributed by atoms with E-state index < -0.39 is 0 Å². The highest BCUT2D eigenvalue weighted by Gasteiger charge is 2.03. The van der Waals surface area contributed by atoms with Crippen molar-refractivity contribution in [3.05, 3.63) is 78.0 Å². The van der Waals surface area contributed by atoms with Gasteiger partial charge in [0, 0.05) is 17.3 Å². The van der Waals surface area contributed by atoms with Crippen molar-refractivity contribution in [2.75, 3.05) is 5.43 Å². The van der Waals surface area contributed by atoms with Crippen molar-refractivity contribution >= 4 is 12.0 Å². The largest absolute Gasteiger partial charge is 0.261 e. The second kappa shape index (κ2) is 6.63. The first-order chi connectivity index (χ1) is 10.8. The van der Waals surface area contributed by atoms with E-state index in [-0.39, 0.29) is 0 Å². The number of hydrogen-bond acceptors (Lipinski definition) is 4. The molecule has 0 aliphatic heterocycles. The van der Waals surface area contributed by atoms with Crippen molar-refractivity contribution in [1.82, 2.24) is 9.97 Å². The molecule has 0 fully saturated rings. The van der Waals surface area contributed by atoms with Crippen LogP contribution in [0.25, 0.3) is 11.4 Å². The van der Waals surface area contributed by atoms with E-state index in [1.807, 2.05) is 73.7 Å². The lowest BCUT2D eigenvalue weighted by Crippen LogP contribution is -1.99. The predicted molar refractivity (Wildman–Crippen MR) is 89.9 cm³/mol. The van der Waals surface area contributed by atoms with Crippen LogP contribution < -0.4 is 5.43 Å². The molecular weight excluding hydrogens is 272 g/mol. The van der Waals surface area contributed by atoms with Gasteiger partial charge in [-0.15, -0.1) is 0 Å². The van der Waals surface area contributed by atoms with Gasteiger partial charge in [0.15, 0.2) is 11.6 Å². The monoisotopic (exact) mass is 288 g/mol. The van der Waals surface area contributed by atoms with Crippen LogP contribution in [0.15, 0.2) is 71.8 Å². The fraction of sp³-hybridized carbons (Fsp3) is 0.0556. The van der Waals surface area contributed by atoms with E-state index in [4.69, 9.17) is 0 Å². The summed E-state index contributed by atoms with van der Waals surface area (Å²) in [4.78, 5) is 8.97. The third kappa shape index (κ3) is 3.55. The van der Waals surface area contributed by atoms with Gasteiger partial charge in [-0.05, 0) is 12.5 Å². The van der Waals surface area contributed by atoms with Crippen LogP contribution in [0.2, 0.25) is 0 Å². The van der Waals surface area contributed by atoms with Crippen molar-refractivity contribution in [3.8, 4) is 11.4 Å². The number of aromatic nitrogens is 2. The Labute approximate surface area is 129 Å². The first-order valence-corrected chi connectivity index (χ1v) is 7.06. The third-order valence-electron chi connectivity index (χ3n) is 3.08. The molecule has 4 nitrogen and oxygen atoms in total. The lowest BCUT2D eigenvalue weighted by atomic mass is 10.2. The smallest absolute Gasteiger partial charge is 0.161 e. The van der Waals surface area contributed by atoms with E-state index in [0.29, 0.717) is 11.6 Å². The van der Waals surface area contributed by atoms with Crippen molar-refractivity contribution in [2.45, 2.75) is 6.92 Å². The second-order valence-electron chi connectivity index (χ2n) is 4.86. The van der Waals surface area contributed by atoms with Crippen LogP contribution in [0.4, 0.5) is 5.82 Å². The SMILES string of the molecule is Cc1cc(N/N=C\c2ccccc2)nc(-c2ccccc2)n1. The van der Waals surface area contributed by atoms with Crippen LogP contribution in [-0.2, 0) is 0 Å². The van der Waals surface area contributed by atoms with Crippen molar-refractivity contribution < 1.29 is 0 Å². The molecule has 1 heterocycles. The fourth-order valence-corrected chi connectivity index (χ4v) is 2.05. The topological polar surface area (TPSA) is 50.2 Å². The summed E-state index contributed by atoms with van der Waals surface area (Å²) in [6, 6.07) is 21.7. The molecule has 22 heavy (non-hydrogen) atoms. The second-order valence-corrected chi connectivity index (χ2v) is 4.86. The Morgan fingerprint density at radius 1 is 0.909 bits per heavy atom. The van der Waals surface area contributed by atoms with Crippen molar-refractivity contribution in [1.29, 1.82) is 0 Å². The zero-order valence-corrected chi connectivity index (χ0v) is 12.3. The number of hydrogen-bond donors (Lipinski definition) is 1. The van der Waals surface area contributed by atoms with Crippen LogP contribution in [0, 0.1) is 6.92 Å². The number of nitrogens with one attached hydrogen (secondary N) is 1. The molecule has 1 N–H and O–H groups in total. The maximum Gasteiger partial charge on any atom is 0.161 e. The zero-order chi connectivity index (χ0) is 15.2. The van der Waals surface area contributed by atoms with Crippen LogP contribution >= 0.6 is 0 Å². The summed E-state index contributed by atoms with van der Waals surface area (Å²) in [7, 11) is 0. The fourth-order valence-electron chi connectivity index (χ4n) is 2.05. The normalized spacial score (nSPS) is 10.8. The number of rotatable bonds is 4.